The van der Waals surface area contributed by atoms with Crippen LogP contribution in [0.3, 0.4) is 0 Å². The van der Waals surface area contributed by atoms with Gasteiger partial charge in [0.05, 0.1) is 0 Å². The standard InChI is InChI=1S/C26H26FN5O3/c27-17-11-19-20(15-32(26(19)35)22-5-6-24(33)29-25(22)34)23(12-17)31-9-7-30(8-10-31)14-16-13-28-21-4-2-1-3-18(16)21/h1-4,11-13,22,28H,5-10,14-15H2,(H,29,33,34). The molecule has 2 saturated heterocycles. The van der Waals surface area contributed by atoms with E-state index in [1.54, 1.807) is 0 Å². The fourth-order valence-electron chi connectivity index (χ4n) is 5.54. The van der Waals surface area contributed by atoms with Crippen LogP contribution in [0.4, 0.5) is 10.1 Å². The van der Waals surface area contributed by atoms with Crippen LogP contribution in [0.25, 0.3) is 10.9 Å². The topological polar surface area (TPSA) is 88.8 Å². The third-order valence-corrected chi connectivity index (χ3v) is 7.38. The van der Waals surface area contributed by atoms with Gasteiger partial charge >= 0.3 is 0 Å². The number of aromatic amines is 1. The Morgan fingerprint density at radius 3 is 2.63 bits per heavy atom. The summed E-state index contributed by atoms with van der Waals surface area (Å²) in [6.45, 7) is 4.13. The molecular weight excluding hydrogens is 449 g/mol. The summed E-state index contributed by atoms with van der Waals surface area (Å²) in [7, 11) is 0. The van der Waals surface area contributed by atoms with Crippen molar-refractivity contribution in [2.45, 2.75) is 32.0 Å². The third-order valence-electron chi connectivity index (χ3n) is 7.38. The number of hydrogen-bond acceptors (Lipinski definition) is 5. The summed E-state index contributed by atoms with van der Waals surface area (Å²) in [5.74, 6) is -1.60. The predicted molar refractivity (Wildman–Crippen MR) is 128 cm³/mol. The van der Waals surface area contributed by atoms with E-state index in [-0.39, 0.29) is 31.2 Å². The van der Waals surface area contributed by atoms with Crippen LogP contribution in [0.15, 0.2) is 42.6 Å². The molecule has 2 fully saturated rings. The molecule has 1 atom stereocenters. The third kappa shape index (κ3) is 3.85. The first-order valence-corrected chi connectivity index (χ1v) is 12.0. The number of halogens is 1. The van der Waals surface area contributed by atoms with Gasteiger partial charge in [-0.1, -0.05) is 18.2 Å². The van der Waals surface area contributed by atoms with E-state index < -0.39 is 17.8 Å². The number of piperazine rings is 1. The maximum atomic E-state index is 14.6. The van der Waals surface area contributed by atoms with Gasteiger partial charge in [0.2, 0.25) is 11.8 Å². The Labute approximate surface area is 201 Å². The molecule has 1 unspecified atom stereocenters. The average molecular weight is 476 g/mol. The summed E-state index contributed by atoms with van der Waals surface area (Å²) in [5, 5.41) is 3.54. The van der Waals surface area contributed by atoms with E-state index in [0.717, 1.165) is 36.4 Å². The van der Waals surface area contributed by atoms with E-state index in [1.165, 1.54) is 28.0 Å². The molecular formula is C26H26FN5O3. The van der Waals surface area contributed by atoms with Crippen LogP contribution in [0.2, 0.25) is 0 Å². The molecule has 35 heavy (non-hydrogen) atoms. The second-order valence-corrected chi connectivity index (χ2v) is 9.47. The van der Waals surface area contributed by atoms with Crippen LogP contribution >= 0.6 is 0 Å². The van der Waals surface area contributed by atoms with Crippen molar-refractivity contribution in [3.05, 3.63) is 65.1 Å². The van der Waals surface area contributed by atoms with E-state index in [4.69, 9.17) is 0 Å². The Morgan fingerprint density at radius 2 is 1.83 bits per heavy atom. The van der Waals surface area contributed by atoms with Gasteiger partial charge < -0.3 is 14.8 Å². The van der Waals surface area contributed by atoms with Gasteiger partial charge in [-0.2, -0.15) is 0 Å². The number of H-pyrrole nitrogens is 1. The molecule has 0 bridgehead atoms. The predicted octanol–water partition coefficient (Wildman–Crippen LogP) is 2.39. The van der Waals surface area contributed by atoms with Crippen LogP contribution in [-0.4, -0.2) is 64.7 Å². The van der Waals surface area contributed by atoms with Crippen molar-refractivity contribution in [2.24, 2.45) is 0 Å². The smallest absolute Gasteiger partial charge is 0.255 e. The van der Waals surface area contributed by atoms with Crippen LogP contribution in [-0.2, 0) is 22.7 Å². The molecule has 3 aliphatic rings. The van der Waals surface area contributed by atoms with Crippen molar-refractivity contribution in [1.29, 1.82) is 0 Å². The largest absolute Gasteiger partial charge is 0.369 e. The molecule has 2 aromatic carbocycles. The number of carbonyl (C=O) groups is 3. The zero-order valence-electron chi connectivity index (χ0n) is 19.2. The number of piperidine rings is 1. The Kier molecular flexibility index (Phi) is 5.29. The first-order valence-electron chi connectivity index (χ1n) is 12.0. The first kappa shape index (κ1) is 21.8. The highest BCUT2D eigenvalue weighted by atomic mass is 19.1. The van der Waals surface area contributed by atoms with E-state index in [2.05, 4.69) is 38.4 Å². The fourth-order valence-corrected chi connectivity index (χ4v) is 5.54. The molecule has 0 aliphatic carbocycles. The lowest BCUT2D eigenvalue weighted by molar-refractivity contribution is -0.136. The number of nitrogens with one attached hydrogen (secondary N) is 2. The van der Waals surface area contributed by atoms with Gasteiger partial charge in [0.1, 0.15) is 11.9 Å². The van der Waals surface area contributed by atoms with Gasteiger partial charge in [-0.05, 0) is 30.2 Å². The van der Waals surface area contributed by atoms with Crippen LogP contribution < -0.4 is 10.2 Å². The van der Waals surface area contributed by atoms with E-state index >= 15 is 0 Å². The molecule has 0 radical (unpaired) electrons. The number of nitrogens with zero attached hydrogens (tertiary/aromatic N) is 3. The Bertz CT molecular complexity index is 1340. The Morgan fingerprint density at radius 1 is 1.03 bits per heavy atom. The van der Waals surface area contributed by atoms with E-state index in [1.807, 2.05) is 12.1 Å². The highest BCUT2D eigenvalue weighted by Gasteiger charge is 2.41. The fraction of sp³-hybridized carbons (Fsp3) is 0.346. The molecule has 180 valence electrons. The molecule has 6 rings (SSSR count). The highest BCUT2D eigenvalue weighted by molar-refractivity contribution is 6.06. The van der Waals surface area contributed by atoms with Gasteiger partial charge in [-0.3, -0.25) is 24.6 Å². The second-order valence-electron chi connectivity index (χ2n) is 9.47. The highest BCUT2D eigenvalue weighted by Crippen LogP contribution is 2.35. The molecule has 2 N–H and O–H groups in total. The zero-order valence-corrected chi connectivity index (χ0v) is 19.2. The van der Waals surface area contributed by atoms with Crippen molar-refractivity contribution in [3.63, 3.8) is 0 Å². The number of imide groups is 1. The SMILES string of the molecule is O=C1CCC(N2Cc3c(cc(F)cc3N3CCN(Cc4c[nH]c5ccccc45)CC3)C2=O)C(=O)N1. The minimum Gasteiger partial charge on any atom is -0.369 e. The van der Waals surface area contributed by atoms with Gasteiger partial charge in [0.25, 0.3) is 5.91 Å². The van der Waals surface area contributed by atoms with Crippen LogP contribution in [0.1, 0.15) is 34.3 Å². The first-order chi connectivity index (χ1) is 17.0. The number of fused-ring (bicyclic) bond motifs is 2. The Hall–Kier alpha value is -3.72. The average Bonchev–Trinajstić information content (AvgIpc) is 3.40. The van der Waals surface area contributed by atoms with Gasteiger partial charge in [-0.25, -0.2) is 4.39 Å². The number of amides is 3. The van der Waals surface area contributed by atoms with Crippen molar-refractivity contribution < 1.29 is 18.8 Å². The van der Waals surface area contributed by atoms with Crippen molar-refractivity contribution in [1.82, 2.24) is 20.1 Å². The molecule has 3 aromatic rings. The van der Waals surface area contributed by atoms with Gasteiger partial charge in [0, 0.05) is 79.6 Å². The molecule has 8 nitrogen and oxygen atoms in total. The van der Waals surface area contributed by atoms with E-state index in [0.29, 0.717) is 18.7 Å². The number of carbonyl (C=O) groups excluding carboxylic acids is 3. The zero-order chi connectivity index (χ0) is 24.1. The van der Waals surface area contributed by atoms with Crippen molar-refractivity contribution >= 4 is 34.3 Å². The number of para-hydroxylation sites is 1. The minimum atomic E-state index is -0.712. The molecule has 0 saturated carbocycles. The van der Waals surface area contributed by atoms with Gasteiger partial charge in [-0.15, -0.1) is 0 Å². The quantitative estimate of drug-likeness (QED) is 0.566. The lowest BCUT2D eigenvalue weighted by Gasteiger charge is -2.37. The number of anilines is 1. The second kappa shape index (κ2) is 8.49. The summed E-state index contributed by atoms with van der Waals surface area (Å²) < 4.78 is 14.6. The molecule has 9 heteroatoms. The van der Waals surface area contributed by atoms with Gasteiger partial charge in [0.15, 0.2) is 0 Å². The number of benzene rings is 2. The van der Waals surface area contributed by atoms with Crippen molar-refractivity contribution in [3.8, 4) is 0 Å². The normalized spacial score (nSPS) is 21.1. The molecule has 3 aliphatic heterocycles. The maximum Gasteiger partial charge on any atom is 0.255 e. The summed E-state index contributed by atoms with van der Waals surface area (Å²) in [6.07, 6.45) is 2.54. The lowest BCUT2D eigenvalue weighted by Crippen LogP contribution is -2.52. The number of rotatable bonds is 4. The molecule has 1 aromatic heterocycles. The number of aromatic nitrogens is 1. The summed E-state index contributed by atoms with van der Waals surface area (Å²) in [5.41, 5.74) is 4.17. The Balaban J connectivity index is 1.18. The molecule has 3 amide bonds. The molecule has 4 heterocycles. The summed E-state index contributed by atoms with van der Waals surface area (Å²) in [6, 6.07) is 10.3. The summed E-state index contributed by atoms with van der Waals surface area (Å²) in [4.78, 5) is 46.3. The van der Waals surface area contributed by atoms with Crippen LogP contribution in [0.5, 0.6) is 0 Å². The maximum absolute atomic E-state index is 14.6. The summed E-state index contributed by atoms with van der Waals surface area (Å²) >= 11 is 0. The van der Waals surface area contributed by atoms with E-state index in [9.17, 15) is 18.8 Å². The van der Waals surface area contributed by atoms with Crippen LogP contribution in [0, 0.1) is 5.82 Å². The number of hydrogen-bond donors (Lipinski definition) is 2. The monoisotopic (exact) mass is 475 g/mol. The van der Waals surface area contributed by atoms with Crippen molar-refractivity contribution in [2.75, 3.05) is 31.1 Å². The molecule has 0 spiro atoms. The minimum absolute atomic E-state index is 0.191. The lowest BCUT2D eigenvalue weighted by atomic mass is 10.0.